The Balaban J connectivity index is 2.44. The van der Waals surface area contributed by atoms with Crippen LogP contribution < -0.4 is 5.32 Å². The van der Waals surface area contributed by atoms with E-state index < -0.39 is 0 Å². The summed E-state index contributed by atoms with van der Waals surface area (Å²) in [5.74, 6) is -0.0778. The first-order chi connectivity index (χ1) is 9.31. The van der Waals surface area contributed by atoms with Crippen molar-refractivity contribution in [2.75, 3.05) is 13.1 Å². The van der Waals surface area contributed by atoms with E-state index in [2.05, 4.69) is 10.7 Å². The standard InChI is InChI=1S/C15H24N2O2S/c1-5-17(10-13(18)16-15(2,3)4)14(19)7-6-12-8-9-20-11-12/h8-9,11H,5-7,10H2,1-4H3,(H,16,18). The fourth-order valence-electron chi connectivity index (χ4n) is 1.85. The minimum atomic E-state index is -0.268. The zero-order valence-corrected chi connectivity index (χ0v) is 13.5. The van der Waals surface area contributed by atoms with Gasteiger partial charge in [0.15, 0.2) is 0 Å². The highest BCUT2D eigenvalue weighted by Crippen LogP contribution is 2.09. The topological polar surface area (TPSA) is 49.4 Å². The summed E-state index contributed by atoms with van der Waals surface area (Å²) < 4.78 is 0. The molecule has 4 nitrogen and oxygen atoms in total. The van der Waals surface area contributed by atoms with Gasteiger partial charge < -0.3 is 10.2 Å². The summed E-state index contributed by atoms with van der Waals surface area (Å²) in [5.41, 5.74) is 0.912. The van der Waals surface area contributed by atoms with Crippen molar-refractivity contribution in [1.29, 1.82) is 0 Å². The Labute approximate surface area is 125 Å². The molecule has 2 amide bonds. The van der Waals surface area contributed by atoms with Gasteiger partial charge in [-0.15, -0.1) is 0 Å². The molecule has 0 aromatic carbocycles. The maximum atomic E-state index is 12.1. The van der Waals surface area contributed by atoms with Crippen LogP contribution >= 0.6 is 11.3 Å². The second-order valence-corrected chi connectivity index (χ2v) is 6.62. The average molecular weight is 296 g/mol. The number of nitrogens with one attached hydrogen (secondary N) is 1. The van der Waals surface area contributed by atoms with Gasteiger partial charge in [0, 0.05) is 18.5 Å². The van der Waals surface area contributed by atoms with E-state index in [0.29, 0.717) is 13.0 Å². The molecule has 112 valence electrons. The molecule has 1 aromatic heterocycles. The molecule has 1 N–H and O–H groups in total. The van der Waals surface area contributed by atoms with Gasteiger partial charge >= 0.3 is 0 Å². The summed E-state index contributed by atoms with van der Waals surface area (Å²) in [6.07, 6.45) is 1.19. The lowest BCUT2D eigenvalue weighted by Gasteiger charge is -2.25. The highest BCUT2D eigenvalue weighted by atomic mass is 32.1. The predicted octanol–water partition coefficient (Wildman–Crippen LogP) is 2.44. The number of carbonyl (C=O) groups excluding carboxylic acids is 2. The van der Waals surface area contributed by atoms with Crippen molar-refractivity contribution in [2.45, 2.75) is 46.1 Å². The van der Waals surface area contributed by atoms with E-state index in [1.54, 1.807) is 16.2 Å². The molecular formula is C15H24N2O2S. The van der Waals surface area contributed by atoms with Gasteiger partial charge in [-0.1, -0.05) is 0 Å². The number of aryl methyl sites for hydroxylation is 1. The molecule has 1 rings (SSSR count). The van der Waals surface area contributed by atoms with Crippen molar-refractivity contribution in [3.05, 3.63) is 22.4 Å². The fraction of sp³-hybridized carbons (Fsp3) is 0.600. The van der Waals surface area contributed by atoms with Gasteiger partial charge in [-0.2, -0.15) is 11.3 Å². The summed E-state index contributed by atoms with van der Waals surface area (Å²) >= 11 is 1.63. The van der Waals surface area contributed by atoms with Crippen LogP contribution in [0.5, 0.6) is 0 Å². The first-order valence-electron chi connectivity index (χ1n) is 6.91. The smallest absolute Gasteiger partial charge is 0.240 e. The molecule has 0 saturated heterocycles. The van der Waals surface area contributed by atoms with E-state index in [1.165, 1.54) is 5.56 Å². The first kappa shape index (κ1) is 16.7. The van der Waals surface area contributed by atoms with Crippen LogP contribution in [0.25, 0.3) is 0 Å². The van der Waals surface area contributed by atoms with E-state index in [9.17, 15) is 9.59 Å². The number of likely N-dealkylation sites (N-methyl/N-ethyl adjacent to an activating group) is 1. The minimum Gasteiger partial charge on any atom is -0.350 e. The second-order valence-electron chi connectivity index (χ2n) is 5.84. The molecule has 0 fully saturated rings. The Morgan fingerprint density at radius 1 is 1.35 bits per heavy atom. The Bertz CT molecular complexity index is 435. The Morgan fingerprint density at radius 2 is 2.05 bits per heavy atom. The number of thiophene rings is 1. The number of nitrogens with zero attached hydrogens (tertiary/aromatic N) is 1. The summed E-state index contributed by atoms with van der Waals surface area (Å²) in [4.78, 5) is 25.6. The monoisotopic (exact) mass is 296 g/mol. The lowest BCUT2D eigenvalue weighted by atomic mass is 10.1. The quantitative estimate of drug-likeness (QED) is 0.876. The van der Waals surface area contributed by atoms with Gasteiger partial charge in [-0.3, -0.25) is 9.59 Å². The van der Waals surface area contributed by atoms with E-state index in [-0.39, 0.29) is 23.9 Å². The van der Waals surface area contributed by atoms with Crippen molar-refractivity contribution in [1.82, 2.24) is 10.2 Å². The third kappa shape index (κ3) is 6.19. The van der Waals surface area contributed by atoms with Crippen molar-refractivity contribution in [2.24, 2.45) is 0 Å². The lowest BCUT2D eigenvalue weighted by molar-refractivity contribution is -0.136. The molecule has 0 bridgehead atoms. The Morgan fingerprint density at radius 3 is 2.55 bits per heavy atom. The fourth-order valence-corrected chi connectivity index (χ4v) is 2.55. The number of hydrogen-bond acceptors (Lipinski definition) is 3. The molecule has 20 heavy (non-hydrogen) atoms. The molecule has 0 aliphatic carbocycles. The van der Waals surface area contributed by atoms with Crippen LogP contribution in [0, 0.1) is 0 Å². The molecule has 1 heterocycles. The van der Waals surface area contributed by atoms with Gasteiger partial charge in [-0.05, 0) is 56.5 Å². The highest BCUT2D eigenvalue weighted by molar-refractivity contribution is 7.07. The Kier molecular flexibility index (Phi) is 6.20. The third-order valence-corrected chi connectivity index (χ3v) is 3.52. The SMILES string of the molecule is CCN(CC(=O)NC(C)(C)C)C(=O)CCc1ccsc1. The lowest BCUT2D eigenvalue weighted by Crippen LogP contribution is -2.47. The van der Waals surface area contributed by atoms with Crippen LogP contribution in [-0.2, 0) is 16.0 Å². The molecule has 1 aromatic rings. The summed E-state index contributed by atoms with van der Waals surface area (Å²) in [5, 5.41) is 6.94. The minimum absolute atomic E-state index is 0.0303. The molecule has 0 radical (unpaired) electrons. The average Bonchev–Trinajstić information content (AvgIpc) is 2.83. The largest absolute Gasteiger partial charge is 0.350 e. The molecule has 0 spiro atoms. The zero-order chi connectivity index (χ0) is 15.2. The van der Waals surface area contributed by atoms with Crippen LogP contribution in [0.1, 0.15) is 39.7 Å². The van der Waals surface area contributed by atoms with Crippen molar-refractivity contribution in [3.8, 4) is 0 Å². The zero-order valence-electron chi connectivity index (χ0n) is 12.7. The number of hydrogen-bond donors (Lipinski definition) is 1. The van der Waals surface area contributed by atoms with E-state index in [0.717, 1.165) is 6.42 Å². The highest BCUT2D eigenvalue weighted by Gasteiger charge is 2.19. The van der Waals surface area contributed by atoms with Gasteiger partial charge in [0.25, 0.3) is 0 Å². The molecule has 0 saturated carbocycles. The molecule has 0 aliphatic heterocycles. The van der Waals surface area contributed by atoms with Crippen LogP contribution in [0.2, 0.25) is 0 Å². The normalized spacial score (nSPS) is 11.2. The number of carbonyl (C=O) groups is 2. The Hall–Kier alpha value is -1.36. The van der Waals surface area contributed by atoms with Gasteiger partial charge in [0.2, 0.25) is 11.8 Å². The third-order valence-electron chi connectivity index (χ3n) is 2.79. The summed E-state index contributed by atoms with van der Waals surface area (Å²) in [7, 11) is 0. The maximum Gasteiger partial charge on any atom is 0.240 e. The van der Waals surface area contributed by atoms with Crippen LogP contribution in [0.3, 0.4) is 0 Å². The van der Waals surface area contributed by atoms with Crippen molar-refractivity contribution in [3.63, 3.8) is 0 Å². The van der Waals surface area contributed by atoms with Gasteiger partial charge in [0.1, 0.15) is 0 Å². The van der Waals surface area contributed by atoms with E-state index >= 15 is 0 Å². The molecule has 0 atom stereocenters. The first-order valence-corrected chi connectivity index (χ1v) is 7.86. The van der Waals surface area contributed by atoms with Crippen molar-refractivity contribution < 1.29 is 9.59 Å². The van der Waals surface area contributed by atoms with Crippen molar-refractivity contribution >= 4 is 23.2 Å². The van der Waals surface area contributed by atoms with Crippen LogP contribution in [0.15, 0.2) is 16.8 Å². The summed E-state index contributed by atoms with van der Waals surface area (Å²) in [6.45, 7) is 8.38. The number of amides is 2. The second kappa shape index (κ2) is 7.43. The van der Waals surface area contributed by atoms with E-state index in [4.69, 9.17) is 0 Å². The molecule has 0 aliphatic rings. The molecule has 5 heteroatoms. The van der Waals surface area contributed by atoms with Crippen LogP contribution in [0.4, 0.5) is 0 Å². The van der Waals surface area contributed by atoms with Gasteiger partial charge in [0.05, 0.1) is 6.54 Å². The summed E-state index contributed by atoms with van der Waals surface area (Å²) in [6, 6.07) is 2.03. The molecular weight excluding hydrogens is 272 g/mol. The molecule has 0 unspecified atom stereocenters. The maximum absolute atomic E-state index is 12.1. The van der Waals surface area contributed by atoms with Gasteiger partial charge in [-0.25, -0.2) is 0 Å². The van der Waals surface area contributed by atoms with Crippen LogP contribution in [-0.4, -0.2) is 35.3 Å². The van der Waals surface area contributed by atoms with E-state index in [1.807, 2.05) is 39.1 Å². The predicted molar refractivity (Wildman–Crippen MR) is 82.8 cm³/mol. The number of rotatable bonds is 6.